The van der Waals surface area contributed by atoms with E-state index in [1.807, 2.05) is 29.1 Å². The highest BCUT2D eigenvalue weighted by Gasteiger charge is 2.27. The first-order valence-corrected chi connectivity index (χ1v) is 12.2. The average Bonchev–Trinajstić information content (AvgIpc) is 3.47. The Morgan fingerprint density at radius 2 is 2.03 bits per heavy atom. The van der Waals surface area contributed by atoms with Crippen LogP contribution in [0.5, 0.6) is 0 Å². The van der Waals surface area contributed by atoms with Gasteiger partial charge in [0.15, 0.2) is 5.16 Å². The molecule has 0 bridgehead atoms. The van der Waals surface area contributed by atoms with Crippen molar-refractivity contribution in [2.45, 2.75) is 18.5 Å². The Morgan fingerprint density at radius 3 is 2.66 bits per heavy atom. The Bertz CT molecular complexity index is 1130. The van der Waals surface area contributed by atoms with Gasteiger partial charge in [-0.2, -0.15) is 0 Å². The SMILES string of the molecule is COC(=O)c1c(NC(=O)CSc2nnc(Cc3cccs3)n2C)sc(C(=O)N(C)C)c1C. The fourth-order valence-corrected chi connectivity index (χ4v) is 5.51. The number of thioether (sulfide) groups is 1. The molecule has 0 saturated carbocycles. The van der Waals surface area contributed by atoms with Crippen molar-refractivity contribution in [1.29, 1.82) is 0 Å². The van der Waals surface area contributed by atoms with Crippen molar-refractivity contribution in [2.24, 2.45) is 7.05 Å². The Hall–Kier alpha value is -2.70. The van der Waals surface area contributed by atoms with E-state index < -0.39 is 5.97 Å². The third kappa shape index (κ3) is 5.19. The molecule has 0 atom stereocenters. The summed E-state index contributed by atoms with van der Waals surface area (Å²) < 4.78 is 6.71. The van der Waals surface area contributed by atoms with Gasteiger partial charge in [-0.25, -0.2) is 4.79 Å². The number of hydrogen-bond acceptors (Lipinski definition) is 9. The molecule has 0 aliphatic heterocycles. The van der Waals surface area contributed by atoms with Crippen molar-refractivity contribution in [2.75, 3.05) is 32.3 Å². The number of amides is 2. The van der Waals surface area contributed by atoms with Crippen LogP contribution in [0.4, 0.5) is 5.00 Å². The Labute approximate surface area is 197 Å². The molecule has 0 aliphatic rings. The molecular formula is C20H23N5O4S3. The normalized spacial score (nSPS) is 10.8. The van der Waals surface area contributed by atoms with Crippen molar-refractivity contribution in [3.63, 3.8) is 0 Å². The van der Waals surface area contributed by atoms with Crippen LogP contribution in [0.2, 0.25) is 0 Å². The van der Waals surface area contributed by atoms with E-state index in [0.717, 1.165) is 17.2 Å². The molecule has 3 aromatic heterocycles. The minimum atomic E-state index is -0.606. The van der Waals surface area contributed by atoms with E-state index in [1.54, 1.807) is 32.4 Å². The second-order valence-corrected chi connectivity index (χ2v) is 10.00. The van der Waals surface area contributed by atoms with Crippen LogP contribution in [0.15, 0.2) is 22.7 Å². The number of rotatable bonds is 8. The smallest absolute Gasteiger partial charge is 0.341 e. The predicted octanol–water partition coefficient (Wildman–Crippen LogP) is 3.06. The van der Waals surface area contributed by atoms with E-state index in [4.69, 9.17) is 4.74 Å². The molecule has 170 valence electrons. The highest BCUT2D eigenvalue weighted by molar-refractivity contribution is 7.99. The molecule has 3 aromatic rings. The lowest BCUT2D eigenvalue weighted by molar-refractivity contribution is -0.113. The van der Waals surface area contributed by atoms with E-state index in [0.29, 0.717) is 27.0 Å². The zero-order chi connectivity index (χ0) is 23.4. The number of carbonyl (C=O) groups is 3. The molecule has 0 unspecified atom stereocenters. The number of methoxy groups -OCH3 is 1. The molecular weight excluding hydrogens is 470 g/mol. The summed E-state index contributed by atoms with van der Waals surface area (Å²) in [4.78, 5) is 40.3. The number of esters is 1. The second-order valence-electron chi connectivity index (χ2n) is 7.00. The van der Waals surface area contributed by atoms with Gasteiger partial charge in [-0.1, -0.05) is 17.8 Å². The van der Waals surface area contributed by atoms with E-state index in [-0.39, 0.29) is 23.1 Å². The summed E-state index contributed by atoms with van der Waals surface area (Å²) >= 11 is 3.96. The Balaban J connectivity index is 1.71. The van der Waals surface area contributed by atoms with Gasteiger partial charge in [0.2, 0.25) is 5.91 Å². The van der Waals surface area contributed by atoms with Crippen molar-refractivity contribution in [3.05, 3.63) is 44.2 Å². The highest BCUT2D eigenvalue weighted by Crippen LogP contribution is 2.34. The Morgan fingerprint density at radius 1 is 1.28 bits per heavy atom. The zero-order valence-electron chi connectivity index (χ0n) is 18.3. The maximum absolute atomic E-state index is 12.6. The van der Waals surface area contributed by atoms with Crippen LogP contribution in [0.25, 0.3) is 0 Å². The fraction of sp³-hybridized carbons (Fsp3) is 0.350. The first-order chi connectivity index (χ1) is 15.2. The topological polar surface area (TPSA) is 106 Å². The van der Waals surface area contributed by atoms with Crippen LogP contribution in [0, 0.1) is 6.92 Å². The number of hydrogen-bond donors (Lipinski definition) is 1. The largest absolute Gasteiger partial charge is 0.465 e. The molecule has 0 radical (unpaired) electrons. The molecule has 2 amide bonds. The summed E-state index contributed by atoms with van der Waals surface area (Å²) in [7, 11) is 6.38. The number of thiophene rings is 2. The van der Waals surface area contributed by atoms with Gasteiger partial charge < -0.3 is 19.5 Å². The van der Waals surface area contributed by atoms with Crippen LogP contribution in [0.3, 0.4) is 0 Å². The molecule has 0 aromatic carbocycles. The summed E-state index contributed by atoms with van der Waals surface area (Å²) in [5.41, 5.74) is 0.674. The van der Waals surface area contributed by atoms with Gasteiger partial charge in [0.05, 0.1) is 23.3 Å². The van der Waals surface area contributed by atoms with Crippen LogP contribution in [0.1, 0.15) is 36.3 Å². The van der Waals surface area contributed by atoms with E-state index in [2.05, 4.69) is 15.5 Å². The minimum Gasteiger partial charge on any atom is -0.465 e. The third-order valence-electron chi connectivity index (χ3n) is 4.56. The van der Waals surface area contributed by atoms with E-state index in [1.165, 1.54) is 28.6 Å². The molecule has 32 heavy (non-hydrogen) atoms. The number of nitrogens with one attached hydrogen (secondary N) is 1. The minimum absolute atomic E-state index is 0.0689. The van der Waals surface area contributed by atoms with Gasteiger partial charge in [0.25, 0.3) is 5.91 Å². The van der Waals surface area contributed by atoms with Crippen LogP contribution >= 0.6 is 34.4 Å². The summed E-state index contributed by atoms with van der Waals surface area (Å²) in [6.45, 7) is 1.67. The summed E-state index contributed by atoms with van der Waals surface area (Å²) in [6, 6.07) is 4.03. The Kier molecular flexibility index (Phi) is 7.69. The summed E-state index contributed by atoms with van der Waals surface area (Å²) in [6.07, 6.45) is 0.674. The molecule has 1 N–H and O–H groups in total. The van der Waals surface area contributed by atoms with E-state index in [9.17, 15) is 14.4 Å². The molecule has 0 saturated heterocycles. The summed E-state index contributed by atoms with van der Waals surface area (Å²) in [5.74, 6) is -0.299. The second kappa shape index (κ2) is 10.3. The number of carbonyl (C=O) groups excluding carboxylic acids is 3. The van der Waals surface area contributed by atoms with Crippen molar-refractivity contribution < 1.29 is 19.1 Å². The molecule has 3 rings (SSSR count). The quantitative estimate of drug-likeness (QED) is 0.380. The first kappa shape index (κ1) is 24.0. The number of ether oxygens (including phenoxy) is 1. The fourth-order valence-electron chi connectivity index (χ4n) is 2.84. The molecule has 0 fully saturated rings. The molecule has 3 heterocycles. The monoisotopic (exact) mass is 493 g/mol. The first-order valence-electron chi connectivity index (χ1n) is 9.49. The number of aromatic nitrogens is 3. The highest BCUT2D eigenvalue weighted by atomic mass is 32.2. The molecule has 0 spiro atoms. The predicted molar refractivity (Wildman–Crippen MR) is 126 cm³/mol. The molecule has 9 nitrogen and oxygen atoms in total. The van der Waals surface area contributed by atoms with E-state index >= 15 is 0 Å². The van der Waals surface area contributed by atoms with Gasteiger partial charge >= 0.3 is 5.97 Å². The van der Waals surface area contributed by atoms with Crippen LogP contribution in [-0.4, -0.2) is 64.4 Å². The lowest BCUT2D eigenvalue weighted by Gasteiger charge is -2.08. The van der Waals surface area contributed by atoms with Gasteiger partial charge in [0, 0.05) is 32.4 Å². The van der Waals surface area contributed by atoms with Crippen molar-refractivity contribution >= 4 is 57.2 Å². The molecule has 0 aliphatic carbocycles. The van der Waals surface area contributed by atoms with Crippen LogP contribution < -0.4 is 5.32 Å². The summed E-state index contributed by atoms with van der Waals surface area (Å²) in [5, 5.41) is 14.1. The lowest BCUT2D eigenvalue weighted by Crippen LogP contribution is -2.21. The maximum atomic E-state index is 12.6. The standard InChI is InChI=1S/C20H23N5O4S3/c1-11-15(19(28)29-5)17(32-16(11)18(27)24(2)3)21-14(26)10-31-20-23-22-13(25(20)4)9-12-7-6-8-30-12/h6-8H,9-10H2,1-5H3,(H,21,26). The van der Waals surface area contributed by atoms with Crippen molar-refractivity contribution in [3.8, 4) is 0 Å². The zero-order valence-corrected chi connectivity index (χ0v) is 20.7. The van der Waals surface area contributed by atoms with Gasteiger partial charge in [-0.3, -0.25) is 9.59 Å². The van der Waals surface area contributed by atoms with Gasteiger partial charge in [-0.15, -0.1) is 32.9 Å². The number of nitrogens with zero attached hydrogens (tertiary/aromatic N) is 4. The third-order valence-corrected chi connectivity index (χ3v) is 7.65. The maximum Gasteiger partial charge on any atom is 0.341 e. The lowest BCUT2D eigenvalue weighted by atomic mass is 10.1. The van der Waals surface area contributed by atoms with Gasteiger partial charge in [0.1, 0.15) is 10.8 Å². The van der Waals surface area contributed by atoms with Gasteiger partial charge in [-0.05, 0) is 23.9 Å². The van der Waals surface area contributed by atoms with Crippen molar-refractivity contribution in [1.82, 2.24) is 19.7 Å². The number of anilines is 1. The van der Waals surface area contributed by atoms with Crippen LogP contribution in [-0.2, 0) is 23.0 Å². The molecule has 12 heteroatoms. The average molecular weight is 494 g/mol.